The fraction of sp³-hybridized carbons (Fsp3) is 0.133. The molecular formula is C15H12N4O4S. The van der Waals surface area contributed by atoms with Crippen LogP contribution in [0.25, 0.3) is 10.2 Å². The molecule has 3 rings (SSSR count). The van der Waals surface area contributed by atoms with Crippen molar-refractivity contribution in [2.24, 2.45) is 0 Å². The number of hydrogen-bond acceptors (Lipinski definition) is 6. The molecule has 0 spiro atoms. The lowest BCUT2D eigenvalue weighted by Crippen LogP contribution is -2.27. The Morgan fingerprint density at radius 3 is 2.96 bits per heavy atom. The zero-order valence-electron chi connectivity index (χ0n) is 12.6. The van der Waals surface area contributed by atoms with Crippen LogP contribution in [0, 0.1) is 17.0 Å². The van der Waals surface area contributed by atoms with E-state index >= 15 is 0 Å². The van der Waals surface area contributed by atoms with Crippen molar-refractivity contribution >= 4 is 38.8 Å². The van der Waals surface area contributed by atoms with Crippen LogP contribution in [0.15, 0.2) is 40.8 Å². The molecule has 0 saturated carbocycles. The summed E-state index contributed by atoms with van der Waals surface area (Å²) < 4.78 is 1.17. The average molecular weight is 344 g/mol. The van der Waals surface area contributed by atoms with Gasteiger partial charge in [0.2, 0.25) is 5.91 Å². The number of nitro benzene ring substituents is 1. The van der Waals surface area contributed by atoms with Crippen molar-refractivity contribution in [1.29, 1.82) is 0 Å². The summed E-state index contributed by atoms with van der Waals surface area (Å²) in [5, 5.41) is 15.7. The van der Waals surface area contributed by atoms with E-state index in [1.165, 1.54) is 34.4 Å². The van der Waals surface area contributed by atoms with Crippen LogP contribution in [0.2, 0.25) is 0 Å². The Kier molecular flexibility index (Phi) is 4.09. The maximum absolute atomic E-state index is 12.2. The lowest BCUT2D eigenvalue weighted by molar-refractivity contribution is -0.384. The number of carbonyl (C=O) groups is 1. The van der Waals surface area contributed by atoms with E-state index in [0.29, 0.717) is 15.8 Å². The predicted octanol–water partition coefficient (Wildman–Crippen LogP) is 2.31. The van der Waals surface area contributed by atoms with Crippen LogP contribution >= 0.6 is 11.3 Å². The summed E-state index contributed by atoms with van der Waals surface area (Å²) in [4.78, 5) is 39.6. The maximum Gasteiger partial charge on any atom is 0.293 e. The van der Waals surface area contributed by atoms with Crippen molar-refractivity contribution < 1.29 is 9.72 Å². The van der Waals surface area contributed by atoms with Crippen LogP contribution in [0.3, 0.4) is 0 Å². The van der Waals surface area contributed by atoms with Crippen molar-refractivity contribution in [3.05, 3.63) is 62.0 Å². The Bertz CT molecular complexity index is 1010. The Balaban J connectivity index is 1.84. The van der Waals surface area contributed by atoms with E-state index in [4.69, 9.17) is 0 Å². The highest BCUT2D eigenvalue weighted by Gasteiger charge is 2.16. The number of nitro groups is 1. The molecular weight excluding hydrogens is 332 g/mol. The van der Waals surface area contributed by atoms with Gasteiger partial charge in [0.1, 0.15) is 17.1 Å². The van der Waals surface area contributed by atoms with Gasteiger partial charge in [0, 0.05) is 6.07 Å². The summed E-state index contributed by atoms with van der Waals surface area (Å²) in [6.07, 6.45) is 1.30. The molecule has 24 heavy (non-hydrogen) atoms. The van der Waals surface area contributed by atoms with Gasteiger partial charge in [0.15, 0.2) is 0 Å². The molecule has 0 atom stereocenters. The highest BCUT2D eigenvalue weighted by molar-refractivity contribution is 7.16. The normalized spacial score (nSPS) is 10.7. The lowest BCUT2D eigenvalue weighted by Gasteiger charge is -2.08. The van der Waals surface area contributed by atoms with Crippen LogP contribution in [0.4, 0.5) is 11.4 Å². The van der Waals surface area contributed by atoms with Crippen LogP contribution in [0.5, 0.6) is 0 Å². The van der Waals surface area contributed by atoms with Crippen LogP contribution in [-0.2, 0) is 11.3 Å². The van der Waals surface area contributed by atoms with Crippen molar-refractivity contribution in [2.45, 2.75) is 13.5 Å². The number of fused-ring (bicyclic) bond motifs is 1. The molecule has 0 aliphatic heterocycles. The first kappa shape index (κ1) is 15.8. The van der Waals surface area contributed by atoms with E-state index in [-0.39, 0.29) is 23.5 Å². The number of amides is 1. The van der Waals surface area contributed by atoms with Crippen LogP contribution in [-0.4, -0.2) is 20.4 Å². The number of thiophene rings is 1. The van der Waals surface area contributed by atoms with E-state index < -0.39 is 10.8 Å². The highest BCUT2D eigenvalue weighted by Crippen LogP contribution is 2.25. The number of rotatable bonds is 4. The fourth-order valence-corrected chi connectivity index (χ4v) is 2.97. The van der Waals surface area contributed by atoms with Crippen molar-refractivity contribution in [3.8, 4) is 0 Å². The number of benzene rings is 1. The molecule has 9 heteroatoms. The summed E-state index contributed by atoms with van der Waals surface area (Å²) >= 11 is 1.34. The highest BCUT2D eigenvalue weighted by atomic mass is 32.1. The number of carbonyl (C=O) groups excluding carboxylic acids is 1. The minimum atomic E-state index is -0.562. The quantitative estimate of drug-likeness (QED) is 0.577. The number of aromatic nitrogens is 2. The molecule has 0 radical (unpaired) electrons. The van der Waals surface area contributed by atoms with E-state index in [1.54, 1.807) is 24.4 Å². The molecule has 1 N–H and O–H groups in total. The Hall–Kier alpha value is -3.07. The molecule has 0 aliphatic carbocycles. The summed E-state index contributed by atoms with van der Waals surface area (Å²) in [5.74, 6) is -0.541. The standard InChI is InChI=1S/C15H12N4O4S/c1-9-2-3-11(12(6-9)19(22)23)17-13(20)7-18-8-16-14-10(15(18)21)4-5-24-14/h2-6,8H,7H2,1H3,(H,17,20). The summed E-state index contributed by atoms with van der Waals surface area (Å²) in [7, 11) is 0. The molecule has 1 amide bonds. The molecule has 1 aromatic carbocycles. The van der Waals surface area contributed by atoms with Gasteiger partial charge in [-0.15, -0.1) is 11.3 Å². The second kappa shape index (κ2) is 6.20. The average Bonchev–Trinajstić information content (AvgIpc) is 3.01. The second-order valence-electron chi connectivity index (χ2n) is 5.14. The minimum absolute atomic E-state index is 0.0909. The third kappa shape index (κ3) is 3.01. The zero-order valence-corrected chi connectivity index (χ0v) is 13.4. The fourth-order valence-electron chi connectivity index (χ4n) is 2.25. The second-order valence-corrected chi connectivity index (χ2v) is 6.04. The van der Waals surface area contributed by atoms with Gasteiger partial charge in [-0.3, -0.25) is 24.3 Å². The molecule has 2 aromatic heterocycles. The first-order valence-corrected chi connectivity index (χ1v) is 7.81. The Labute approximate surface area is 139 Å². The smallest absolute Gasteiger partial charge is 0.293 e. The molecule has 0 bridgehead atoms. The number of anilines is 1. The molecule has 0 saturated heterocycles. The van der Waals surface area contributed by atoms with Gasteiger partial charge in [-0.05, 0) is 30.0 Å². The van der Waals surface area contributed by atoms with Gasteiger partial charge in [-0.1, -0.05) is 6.07 Å². The van der Waals surface area contributed by atoms with Gasteiger partial charge >= 0.3 is 0 Å². The first-order chi connectivity index (χ1) is 11.5. The van der Waals surface area contributed by atoms with Gasteiger partial charge in [0.05, 0.1) is 16.6 Å². The number of nitrogens with zero attached hydrogens (tertiary/aromatic N) is 3. The van der Waals surface area contributed by atoms with Gasteiger partial charge in [0.25, 0.3) is 11.2 Å². The van der Waals surface area contributed by atoms with Crippen LogP contribution in [0.1, 0.15) is 5.56 Å². The van der Waals surface area contributed by atoms with Gasteiger partial charge < -0.3 is 5.32 Å². The molecule has 2 heterocycles. The summed E-state index contributed by atoms with van der Waals surface area (Å²) in [6, 6.07) is 6.15. The third-order valence-corrected chi connectivity index (χ3v) is 4.21. The van der Waals surface area contributed by atoms with Crippen LogP contribution < -0.4 is 10.9 Å². The molecule has 8 nitrogen and oxygen atoms in total. The summed E-state index contributed by atoms with van der Waals surface area (Å²) in [5.41, 5.74) is 0.285. The topological polar surface area (TPSA) is 107 Å². The molecule has 0 fully saturated rings. The van der Waals surface area contributed by atoms with E-state index in [2.05, 4.69) is 10.3 Å². The predicted molar refractivity (Wildman–Crippen MR) is 90.3 cm³/mol. The van der Waals surface area contributed by atoms with Crippen molar-refractivity contribution in [3.63, 3.8) is 0 Å². The maximum atomic E-state index is 12.2. The molecule has 122 valence electrons. The summed E-state index contributed by atoms with van der Waals surface area (Å²) in [6.45, 7) is 1.45. The van der Waals surface area contributed by atoms with Gasteiger partial charge in [-0.2, -0.15) is 0 Å². The SMILES string of the molecule is Cc1ccc(NC(=O)Cn2cnc3sccc3c2=O)c([N+](=O)[O-])c1. The van der Waals surface area contributed by atoms with Crippen molar-refractivity contribution in [2.75, 3.05) is 5.32 Å². The first-order valence-electron chi connectivity index (χ1n) is 6.93. The zero-order chi connectivity index (χ0) is 17.3. The third-order valence-electron chi connectivity index (χ3n) is 3.39. The minimum Gasteiger partial charge on any atom is -0.319 e. The van der Waals surface area contributed by atoms with Crippen molar-refractivity contribution in [1.82, 2.24) is 9.55 Å². The van der Waals surface area contributed by atoms with E-state index in [9.17, 15) is 19.7 Å². The Morgan fingerprint density at radius 1 is 1.42 bits per heavy atom. The Morgan fingerprint density at radius 2 is 2.21 bits per heavy atom. The van der Waals surface area contributed by atoms with E-state index in [1.807, 2.05) is 0 Å². The number of aryl methyl sites for hydroxylation is 1. The number of hydrogen-bond donors (Lipinski definition) is 1. The number of nitrogens with one attached hydrogen (secondary N) is 1. The lowest BCUT2D eigenvalue weighted by atomic mass is 10.2. The largest absolute Gasteiger partial charge is 0.319 e. The monoisotopic (exact) mass is 344 g/mol. The van der Waals surface area contributed by atoms with Gasteiger partial charge in [-0.25, -0.2) is 4.98 Å². The van der Waals surface area contributed by atoms with E-state index in [0.717, 1.165) is 0 Å². The molecule has 0 aliphatic rings. The molecule has 0 unspecified atom stereocenters. The molecule has 3 aromatic rings.